The van der Waals surface area contributed by atoms with Gasteiger partial charge in [-0.1, -0.05) is 64.7 Å². The second kappa shape index (κ2) is 7.37. The molecule has 5 nitrogen and oxygen atoms in total. The third-order valence-corrected chi connectivity index (χ3v) is 5.25. The quantitative estimate of drug-likeness (QED) is 0.476. The summed E-state index contributed by atoms with van der Waals surface area (Å²) < 4.78 is 0. The number of nitrogens with zero attached hydrogens (tertiary/aromatic N) is 1. The van der Waals surface area contributed by atoms with Gasteiger partial charge in [0.15, 0.2) is 0 Å². The van der Waals surface area contributed by atoms with Crippen LogP contribution in [-0.2, 0) is 10.8 Å². The topological polar surface area (TPSA) is 92.6 Å². The molecule has 0 aliphatic rings. The molecule has 0 bridgehead atoms. The van der Waals surface area contributed by atoms with Crippen LogP contribution in [0.2, 0.25) is 10.0 Å². The predicted molar refractivity (Wildman–Crippen MR) is 119 cm³/mol. The summed E-state index contributed by atoms with van der Waals surface area (Å²) in [4.78, 5) is 13.3. The van der Waals surface area contributed by atoms with E-state index in [4.69, 9.17) is 34.7 Å². The van der Waals surface area contributed by atoms with E-state index in [0.717, 1.165) is 4.90 Å². The molecule has 7 heteroatoms. The zero-order valence-electron chi connectivity index (χ0n) is 17.0. The molecular formula is C21H27Cl2N3O2. The van der Waals surface area contributed by atoms with Crippen LogP contribution >= 0.6 is 23.2 Å². The summed E-state index contributed by atoms with van der Waals surface area (Å²) in [7, 11) is 0. The largest absolute Gasteiger partial charge is 0.464 e. The molecule has 5 N–H and O–H groups in total. The molecule has 2 rings (SSSR count). The Kier molecular flexibility index (Phi) is 5.84. The molecule has 0 radical (unpaired) electrons. The zero-order valence-corrected chi connectivity index (χ0v) is 18.5. The summed E-state index contributed by atoms with van der Waals surface area (Å²) >= 11 is 13.3. The van der Waals surface area contributed by atoms with Gasteiger partial charge in [-0.15, -0.1) is 0 Å². The van der Waals surface area contributed by atoms with Crippen molar-refractivity contribution in [3.63, 3.8) is 0 Å². The van der Waals surface area contributed by atoms with Crippen LogP contribution in [0, 0.1) is 0 Å². The Balaban J connectivity index is 2.83. The first-order chi connectivity index (χ1) is 12.7. The summed E-state index contributed by atoms with van der Waals surface area (Å²) in [5.74, 6) is 0. The van der Waals surface area contributed by atoms with Gasteiger partial charge in [-0.2, -0.15) is 0 Å². The number of nitrogen functional groups attached to an aromatic ring is 2. The van der Waals surface area contributed by atoms with Crippen LogP contribution in [0.15, 0.2) is 24.3 Å². The van der Waals surface area contributed by atoms with E-state index in [1.807, 2.05) is 41.5 Å². The van der Waals surface area contributed by atoms with E-state index in [1.165, 1.54) is 0 Å². The lowest BCUT2D eigenvalue weighted by Gasteiger charge is -2.30. The van der Waals surface area contributed by atoms with Crippen LogP contribution in [0.5, 0.6) is 0 Å². The summed E-state index contributed by atoms with van der Waals surface area (Å²) in [5.41, 5.74) is 14.5. The van der Waals surface area contributed by atoms with E-state index < -0.39 is 6.09 Å². The van der Waals surface area contributed by atoms with Crippen molar-refractivity contribution in [1.29, 1.82) is 0 Å². The van der Waals surface area contributed by atoms with Crippen molar-refractivity contribution in [2.24, 2.45) is 0 Å². The SMILES string of the molecule is CC(C)(C)c1c(N)ccc(N(C(=O)O)c2ccc(N)c(C(C)(C)C)c2Cl)c1Cl. The van der Waals surface area contributed by atoms with E-state index in [2.05, 4.69) is 0 Å². The van der Waals surface area contributed by atoms with E-state index in [-0.39, 0.29) is 20.9 Å². The van der Waals surface area contributed by atoms with Crippen molar-refractivity contribution < 1.29 is 9.90 Å². The number of rotatable bonds is 2. The molecule has 28 heavy (non-hydrogen) atoms. The fraction of sp³-hybridized carbons (Fsp3) is 0.381. The molecule has 0 atom stereocenters. The lowest BCUT2D eigenvalue weighted by Crippen LogP contribution is -2.27. The highest BCUT2D eigenvalue weighted by molar-refractivity contribution is 6.37. The average Bonchev–Trinajstić information content (AvgIpc) is 2.48. The Morgan fingerprint density at radius 3 is 1.39 bits per heavy atom. The third kappa shape index (κ3) is 4.01. The Morgan fingerprint density at radius 2 is 1.14 bits per heavy atom. The first kappa shape index (κ1) is 22.2. The Morgan fingerprint density at radius 1 is 0.821 bits per heavy atom. The van der Waals surface area contributed by atoms with Gasteiger partial charge >= 0.3 is 6.09 Å². The van der Waals surface area contributed by atoms with Gasteiger partial charge in [-0.05, 0) is 35.1 Å². The van der Waals surface area contributed by atoms with Crippen molar-refractivity contribution in [3.8, 4) is 0 Å². The Bertz CT molecular complexity index is 859. The van der Waals surface area contributed by atoms with Crippen LogP contribution < -0.4 is 16.4 Å². The van der Waals surface area contributed by atoms with Crippen molar-refractivity contribution in [1.82, 2.24) is 0 Å². The molecule has 152 valence electrons. The molecule has 0 fully saturated rings. The van der Waals surface area contributed by atoms with Gasteiger partial charge < -0.3 is 16.6 Å². The van der Waals surface area contributed by atoms with Gasteiger partial charge in [0.25, 0.3) is 0 Å². The van der Waals surface area contributed by atoms with E-state index in [9.17, 15) is 9.90 Å². The molecule has 2 aromatic carbocycles. The fourth-order valence-corrected chi connectivity index (χ4v) is 4.45. The first-order valence-corrected chi connectivity index (χ1v) is 9.63. The fourth-order valence-electron chi connectivity index (χ4n) is 3.37. The second-order valence-electron chi connectivity index (χ2n) is 8.84. The maximum absolute atomic E-state index is 12.2. The van der Waals surface area contributed by atoms with Gasteiger partial charge in [-0.3, -0.25) is 0 Å². The minimum absolute atomic E-state index is 0.278. The number of carboxylic acid groups (broad SMARTS) is 1. The maximum Gasteiger partial charge on any atom is 0.416 e. The van der Waals surface area contributed by atoms with Crippen molar-refractivity contribution in [2.45, 2.75) is 52.4 Å². The van der Waals surface area contributed by atoms with Gasteiger partial charge in [-0.25, -0.2) is 9.69 Å². The van der Waals surface area contributed by atoms with E-state index in [0.29, 0.717) is 33.9 Å². The van der Waals surface area contributed by atoms with Crippen LogP contribution in [0.25, 0.3) is 0 Å². The van der Waals surface area contributed by atoms with Crippen molar-refractivity contribution in [2.75, 3.05) is 16.4 Å². The number of amides is 1. The highest BCUT2D eigenvalue weighted by atomic mass is 35.5. The average molecular weight is 424 g/mol. The molecule has 0 aliphatic carbocycles. The molecule has 0 aliphatic heterocycles. The summed E-state index contributed by atoms with van der Waals surface area (Å²) in [6.45, 7) is 11.8. The van der Waals surface area contributed by atoms with Crippen LogP contribution in [0.4, 0.5) is 27.5 Å². The lowest BCUT2D eigenvalue weighted by molar-refractivity contribution is 0.205. The number of halogens is 2. The van der Waals surface area contributed by atoms with Crippen LogP contribution in [-0.4, -0.2) is 11.2 Å². The van der Waals surface area contributed by atoms with Gasteiger partial charge in [0.05, 0.1) is 21.4 Å². The van der Waals surface area contributed by atoms with Crippen LogP contribution in [0.1, 0.15) is 52.7 Å². The van der Waals surface area contributed by atoms with E-state index >= 15 is 0 Å². The van der Waals surface area contributed by atoms with E-state index in [1.54, 1.807) is 24.3 Å². The molecule has 0 heterocycles. The Labute approximate surface area is 176 Å². The first-order valence-electron chi connectivity index (χ1n) is 8.88. The number of hydrogen-bond acceptors (Lipinski definition) is 3. The lowest BCUT2D eigenvalue weighted by atomic mass is 9.84. The summed E-state index contributed by atoms with van der Waals surface area (Å²) in [5, 5.41) is 10.6. The second-order valence-corrected chi connectivity index (χ2v) is 9.60. The molecule has 1 amide bonds. The smallest absolute Gasteiger partial charge is 0.416 e. The van der Waals surface area contributed by atoms with Gasteiger partial charge in [0, 0.05) is 22.5 Å². The molecule has 0 saturated heterocycles. The molecule has 0 saturated carbocycles. The highest BCUT2D eigenvalue weighted by Gasteiger charge is 2.31. The normalized spacial score (nSPS) is 12.1. The zero-order chi connectivity index (χ0) is 21.6. The summed E-state index contributed by atoms with van der Waals surface area (Å²) in [6.07, 6.45) is -1.21. The van der Waals surface area contributed by atoms with Gasteiger partial charge in [0.2, 0.25) is 0 Å². The minimum Gasteiger partial charge on any atom is -0.464 e. The number of carbonyl (C=O) groups is 1. The number of benzene rings is 2. The molecule has 0 unspecified atom stereocenters. The third-order valence-electron chi connectivity index (χ3n) is 4.48. The van der Waals surface area contributed by atoms with Crippen molar-refractivity contribution in [3.05, 3.63) is 45.4 Å². The molecule has 0 aromatic heterocycles. The maximum atomic E-state index is 12.2. The number of hydrogen-bond donors (Lipinski definition) is 3. The van der Waals surface area contributed by atoms with Crippen molar-refractivity contribution >= 4 is 52.0 Å². The molecular weight excluding hydrogens is 397 g/mol. The highest BCUT2D eigenvalue weighted by Crippen LogP contribution is 2.46. The molecule has 2 aromatic rings. The van der Waals surface area contributed by atoms with Gasteiger partial charge in [0.1, 0.15) is 0 Å². The standard InChI is InChI=1S/C21H27Cl2N3O2/c1-20(2,3)15-11(24)7-9-13(17(15)22)26(19(27)28)14-10-8-12(25)16(18(14)23)21(4,5)6/h7-10H,24-25H2,1-6H3,(H,27,28). The minimum atomic E-state index is -1.21. The number of nitrogens with two attached hydrogens (primary N) is 2. The number of anilines is 4. The Hall–Kier alpha value is -2.11. The van der Waals surface area contributed by atoms with Crippen LogP contribution in [0.3, 0.4) is 0 Å². The molecule has 0 spiro atoms. The summed E-state index contributed by atoms with van der Waals surface area (Å²) in [6, 6.07) is 6.50. The monoisotopic (exact) mass is 423 g/mol. The predicted octanol–water partition coefficient (Wildman–Crippen LogP) is 6.57.